The Morgan fingerprint density at radius 3 is 2.36 bits per heavy atom. The van der Waals surface area contributed by atoms with Gasteiger partial charge in [0.2, 0.25) is 5.91 Å². The maximum absolute atomic E-state index is 11.9. The Hall–Kier alpha value is 0. The first-order chi connectivity index (χ1) is 10.2. The number of alkyl carbamates (subject to hydrolysis) is 1. The topological polar surface area (TPSA) is 125 Å². The summed E-state index contributed by atoms with van der Waals surface area (Å²) in [5, 5.41) is 4.14. The van der Waals surface area contributed by atoms with Crippen LogP contribution in [-0.2, 0) is 19.6 Å². The van der Waals surface area contributed by atoms with E-state index in [1.54, 1.807) is 20.8 Å². The fraction of sp³-hybridized carbons (Fsp3) is 0.818. The first-order valence-electron chi connectivity index (χ1n) is 7.01. The van der Waals surface area contributed by atoms with Gasteiger partial charge < -0.3 is 19.9 Å². The van der Waals surface area contributed by atoms with E-state index >= 15 is 0 Å². The number of amides is 2. The average molecular weight is 366 g/mol. The molecular weight excluding hydrogens is 343 g/mol. The van der Waals surface area contributed by atoms with Gasteiger partial charge in [-0.25, -0.2) is 13.2 Å². The van der Waals surface area contributed by atoms with Gasteiger partial charge in [0.25, 0.3) is 0 Å². The van der Waals surface area contributed by atoms with Crippen molar-refractivity contribution in [1.82, 2.24) is 10.6 Å². The molecule has 22 heavy (non-hydrogen) atoms. The van der Waals surface area contributed by atoms with Gasteiger partial charge in [-0.2, -0.15) is 12.6 Å². The van der Waals surface area contributed by atoms with Crippen LogP contribution in [0, 0.1) is 0 Å². The number of carbonyl (C=O) groups is 2. The van der Waals surface area contributed by atoms with Crippen molar-refractivity contribution in [3.63, 3.8) is 0 Å². The van der Waals surface area contributed by atoms with Crippen LogP contribution in [0.3, 0.4) is 0 Å². The number of hydrogen-bond donors (Lipinski definition) is 3. The Kier molecular flexibility index (Phi) is 9.76. The molecule has 0 aliphatic rings. The van der Waals surface area contributed by atoms with E-state index in [0.29, 0.717) is 0 Å². The van der Waals surface area contributed by atoms with Gasteiger partial charge in [-0.3, -0.25) is 4.79 Å². The molecule has 0 rings (SSSR count). The van der Waals surface area contributed by atoms with E-state index in [1.165, 1.54) is 0 Å². The van der Waals surface area contributed by atoms with Gasteiger partial charge in [0.15, 0.2) is 0 Å². The van der Waals surface area contributed by atoms with Crippen LogP contribution in [-0.4, -0.2) is 54.6 Å². The van der Waals surface area contributed by atoms with Crippen LogP contribution in [0.25, 0.3) is 0 Å². The van der Waals surface area contributed by atoms with Crippen LogP contribution < -0.4 is 40.2 Å². The molecule has 0 aromatic heterocycles. The van der Waals surface area contributed by atoms with Gasteiger partial charge in [0.05, 0.1) is 10.1 Å². The zero-order chi connectivity index (χ0) is 18.5. The maximum atomic E-state index is 11.9. The van der Waals surface area contributed by atoms with E-state index in [4.69, 9.17) is 7.48 Å². The Labute approximate surface area is 161 Å². The summed E-state index contributed by atoms with van der Waals surface area (Å²) < 4.78 is 51.5. The van der Waals surface area contributed by atoms with Crippen molar-refractivity contribution in [2.75, 3.05) is 18.0 Å². The van der Waals surface area contributed by atoms with Crippen molar-refractivity contribution in [3.8, 4) is 0 Å². The number of thiol groups is 1. The second-order valence-electron chi connectivity index (χ2n) is 5.06. The molecule has 8 nitrogen and oxygen atoms in total. The molecule has 0 aliphatic carbocycles. The third-order valence-electron chi connectivity index (χ3n) is 1.88. The summed E-state index contributed by atoms with van der Waals surface area (Å²) in [4.78, 5) is 23.5. The zero-order valence-electron chi connectivity index (χ0n) is 15.0. The number of nitrogens with one attached hydrogen (secondary N) is 2. The standard InChI is InChI=1S/C11H22N2O6S2.Na/c1-11(2,3)19-10(15)13-8(7-20)9(14)12-5-4-6-21(16,17)18;/h8,20H,4-7H2,1-3H3,(H,12,14)(H,13,15)(H,16,17,18);/q;+1/p-1/i5D2;. The van der Waals surface area contributed by atoms with Gasteiger partial charge in [-0.15, -0.1) is 0 Å². The predicted molar refractivity (Wildman–Crippen MR) is 79.2 cm³/mol. The van der Waals surface area contributed by atoms with Crippen LogP contribution in [0.5, 0.6) is 0 Å². The number of rotatable bonds is 7. The summed E-state index contributed by atoms with van der Waals surface area (Å²) in [6, 6.07) is -1.19. The average Bonchev–Trinajstić information content (AvgIpc) is 2.30. The third kappa shape index (κ3) is 13.6. The van der Waals surface area contributed by atoms with Crippen LogP contribution in [0.15, 0.2) is 0 Å². The van der Waals surface area contributed by atoms with Gasteiger partial charge in [-0.1, -0.05) is 0 Å². The summed E-state index contributed by atoms with van der Waals surface area (Å²) in [5.41, 5.74) is -0.779. The SMILES string of the molecule is [2H]C([2H])(CCS(=O)(=O)[O-])NC(=O)C(CS)NC(=O)OC(C)(C)C.[Na+]. The molecule has 2 N–H and O–H groups in total. The first-order valence-corrected chi connectivity index (χ1v) is 8.22. The molecule has 0 spiro atoms. The molecule has 0 aromatic rings. The maximum Gasteiger partial charge on any atom is 1.00 e. The summed E-state index contributed by atoms with van der Waals surface area (Å²) in [6.07, 6.45) is -1.59. The second kappa shape index (κ2) is 10.7. The summed E-state index contributed by atoms with van der Waals surface area (Å²) in [6.45, 7) is 2.46. The van der Waals surface area contributed by atoms with E-state index in [9.17, 15) is 22.6 Å². The summed E-state index contributed by atoms with van der Waals surface area (Å²) in [7, 11) is -4.60. The Bertz CT molecular complexity index is 539. The predicted octanol–water partition coefficient (Wildman–Crippen LogP) is -3.13. The van der Waals surface area contributed by atoms with Crippen molar-refractivity contribution in [2.45, 2.75) is 38.8 Å². The minimum atomic E-state index is -4.60. The van der Waals surface area contributed by atoms with Crippen molar-refractivity contribution in [1.29, 1.82) is 0 Å². The molecule has 124 valence electrons. The molecule has 0 heterocycles. The molecule has 0 bridgehead atoms. The molecule has 2 amide bonds. The Morgan fingerprint density at radius 2 is 1.95 bits per heavy atom. The van der Waals surface area contributed by atoms with E-state index in [1.807, 2.05) is 5.32 Å². The molecule has 0 radical (unpaired) electrons. The Balaban J connectivity index is 0. The van der Waals surface area contributed by atoms with Crippen LogP contribution in [0.2, 0.25) is 0 Å². The van der Waals surface area contributed by atoms with Crippen molar-refractivity contribution < 1.29 is 59.6 Å². The molecule has 0 saturated carbocycles. The molecule has 0 saturated heterocycles. The van der Waals surface area contributed by atoms with Crippen LogP contribution in [0.4, 0.5) is 4.79 Å². The fourth-order valence-corrected chi connectivity index (χ4v) is 1.67. The molecular formula is C11H21N2NaO6S2. The van der Waals surface area contributed by atoms with Crippen LogP contribution >= 0.6 is 12.6 Å². The van der Waals surface area contributed by atoms with Gasteiger partial charge >= 0.3 is 35.7 Å². The van der Waals surface area contributed by atoms with E-state index < -0.39 is 52.4 Å². The summed E-state index contributed by atoms with van der Waals surface area (Å²) >= 11 is 3.89. The molecule has 0 aliphatic heterocycles. The van der Waals surface area contributed by atoms with Gasteiger partial charge in [0.1, 0.15) is 11.6 Å². The quantitative estimate of drug-likeness (QED) is 0.249. The van der Waals surface area contributed by atoms with Gasteiger partial charge in [-0.05, 0) is 27.2 Å². The van der Waals surface area contributed by atoms with E-state index in [2.05, 4.69) is 17.9 Å². The van der Waals surface area contributed by atoms with Crippen molar-refractivity contribution in [2.24, 2.45) is 0 Å². The molecule has 1 atom stereocenters. The summed E-state index contributed by atoms with van der Waals surface area (Å²) in [5.74, 6) is -2.02. The minimum absolute atomic E-state index is 0. The second-order valence-corrected chi connectivity index (χ2v) is 6.95. The molecule has 11 heteroatoms. The zero-order valence-corrected chi connectivity index (χ0v) is 16.7. The first kappa shape index (κ1) is 20.0. The normalized spacial score (nSPS) is 14.8. The molecule has 0 fully saturated rings. The van der Waals surface area contributed by atoms with Gasteiger partial charge in [0, 0.05) is 20.7 Å². The van der Waals surface area contributed by atoms with Crippen molar-refractivity contribution >= 4 is 34.7 Å². The monoisotopic (exact) mass is 366 g/mol. The number of carbonyl (C=O) groups excluding carboxylic acids is 2. The smallest absolute Gasteiger partial charge is 0.748 e. The third-order valence-corrected chi connectivity index (χ3v) is 2.95. The van der Waals surface area contributed by atoms with Crippen molar-refractivity contribution in [3.05, 3.63) is 0 Å². The number of ether oxygens (including phenoxy) is 1. The molecule has 0 aromatic carbocycles. The Morgan fingerprint density at radius 1 is 1.41 bits per heavy atom. The largest absolute Gasteiger partial charge is 1.00 e. The number of hydrogen-bond acceptors (Lipinski definition) is 7. The molecule has 1 unspecified atom stereocenters. The van der Waals surface area contributed by atoms with E-state index in [-0.39, 0.29) is 35.3 Å². The van der Waals surface area contributed by atoms with E-state index in [0.717, 1.165) is 0 Å². The van der Waals surface area contributed by atoms with Crippen LogP contribution in [0.1, 0.15) is 29.9 Å². The minimum Gasteiger partial charge on any atom is -0.748 e. The fourth-order valence-electron chi connectivity index (χ4n) is 1.06.